The second kappa shape index (κ2) is 7.61. The van der Waals surface area contributed by atoms with Gasteiger partial charge >= 0.3 is 0 Å². The molecule has 0 aliphatic carbocycles. The molecule has 1 aromatic heterocycles. The van der Waals surface area contributed by atoms with Crippen molar-refractivity contribution in [2.75, 3.05) is 19.6 Å². The van der Waals surface area contributed by atoms with Crippen LogP contribution in [0.4, 0.5) is 0 Å². The molecule has 2 aliphatic rings. The third-order valence-electron chi connectivity index (χ3n) is 4.89. The van der Waals surface area contributed by atoms with E-state index in [1.165, 1.54) is 50.9 Å². The molecule has 1 unspecified atom stereocenters. The van der Waals surface area contributed by atoms with E-state index < -0.39 is 0 Å². The molecule has 120 valence electrons. The third-order valence-corrected chi connectivity index (χ3v) is 4.89. The van der Waals surface area contributed by atoms with Crippen molar-refractivity contribution >= 4 is 12.4 Å². The van der Waals surface area contributed by atoms with Crippen LogP contribution in [-0.2, 0) is 6.54 Å². The maximum absolute atomic E-state index is 4.44. The van der Waals surface area contributed by atoms with Gasteiger partial charge < -0.3 is 5.32 Å². The molecule has 0 radical (unpaired) electrons. The first-order valence-electron chi connectivity index (χ1n) is 8.21. The largest absolute Gasteiger partial charge is 0.314 e. The highest BCUT2D eigenvalue weighted by Crippen LogP contribution is 2.26. The van der Waals surface area contributed by atoms with E-state index >= 15 is 0 Å². The van der Waals surface area contributed by atoms with Gasteiger partial charge in [0.25, 0.3) is 0 Å². The number of hydrogen-bond acceptors (Lipinski definition) is 3. The summed E-state index contributed by atoms with van der Waals surface area (Å²) in [6, 6.07) is 1.27. The Kier molecular flexibility index (Phi) is 6.08. The monoisotopic (exact) mass is 312 g/mol. The highest BCUT2D eigenvalue weighted by Gasteiger charge is 2.28. The molecule has 3 rings (SSSR count). The molecule has 5 heteroatoms. The van der Waals surface area contributed by atoms with E-state index in [-0.39, 0.29) is 12.4 Å². The lowest BCUT2D eigenvalue weighted by Crippen LogP contribution is -2.40. The molecule has 2 saturated heterocycles. The van der Waals surface area contributed by atoms with E-state index in [1.807, 2.05) is 6.20 Å². The van der Waals surface area contributed by atoms with Crippen LogP contribution in [0.1, 0.15) is 51.1 Å². The Morgan fingerprint density at radius 2 is 2.05 bits per heavy atom. The minimum atomic E-state index is 0. The summed E-state index contributed by atoms with van der Waals surface area (Å²) in [4.78, 5) is 2.59. The van der Waals surface area contributed by atoms with E-state index in [0.717, 1.165) is 18.5 Å². The maximum Gasteiger partial charge on any atom is 0.0534 e. The van der Waals surface area contributed by atoms with E-state index in [0.29, 0.717) is 6.04 Å². The van der Waals surface area contributed by atoms with Crippen LogP contribution in [0.25, 0.3) is 0 Å². The molecule has 2 fully saturated rings. The third kappa shape index (κ3) is 4.21. The average Bonchev–Trinajstić information content (AvgIpc) is 3.10. The topological polar surface area (TPSA) is 33.1 Å². The Hall–Kier alpha value is -0.580. The van der Waals surface area contributed by atoms with Gasteiger partial charge in [-0.05, 0) is 65.1 Å². The van der Waals surface area contributed by atoms with Gasteiger partial charge in [-0.1, -0.05) is 0 Å². The van der Waals surface area contributed by atoms with Gasteiger partial charge in [0.05, 0.1) is 6.20 Å². The molecule has 1 N–H and O–H groups in total. The van der Waals surface area contributed by atoms with Gasteiger partial charge in [0, 0.05) is 30.4 Å². The minimum absolute atomic E-state index is 0. The van der Waals surface area contributed by atoms with E-state index in [2.05, 4.69) is 40.0 Å². The standard InChI is InChI=1S/C16H28N4.ClH/c1-13(2)20-12-14(10-18-20)11-19-8-5-15(6-9-19)16-4-3-7-17-16;/h10,12-13,15-17H,3-9,11H2,1-2H3;1H. The molecule has 0 saturated carbocycles. The summed E-state index contributed by atoms with van der Waals surface area (Å²) in [7, 11) is 0. The number of piperidine rings is 1. The van der Waals surface area contributed by atoms with Crippen molar-refractivity contribution in [3.05, 3.63) is 18.0 Å². The SMILES string of the molecule is CC(C)n1cc(CN2CCC(C3CCCN3)CC2)cn1.Cl. The summed E-state index contributed by atoms with van der Waals surface area (Å²) in [6.07, 6.45) is 9.72. The highest BCUT2D eigenvalue weighted by atomic mass is 35.5. The number of aromatic nitrogens is 2. The first kappa shape index (κ1) is 16.8. The second-order valence-corrected chi connectivity index (χ2v) is 6.74. The van der Waals surface area contributed by atoms with E-state index in [9.17, 15) is 0 Å². The van der Waals surface area contributed by atoms with Crippen LogP contribution in [0.5, 0.6) is 0 Å². The summed E-state index contributed by atoms with van der Waals surface area (Å²) >= 11 is 0. The molecule has 0 aromatic carbocycles. The smallest absolute Gasteiger partial charge is 0.0534 e. The Labute approximate surface area is 134 Å². The van der Waals surface area contributed by atoms with E-state index in [4.69, 9.17) is 0 Å². The predicted molar refractivity (Wildman–Crippen MR) is 88.9 cm³/mol. The summed E-state index contributed by atoms with van der Waals surface area (Å²) in [5, 5.41) is 8.11. The van der Waals surface area contributed by atoms with Gasteiger partial charge in [-0.3, -0.25) is 9.58 Å². The van der Waals surface area contributed by atoms with Crippen LogP contribution in [0.2, 0.25) is 0 Å². The summed E-state index contributed by atoms with van der Waals surface area (Å²) < 4.78 is 2.06. The van der Waals surface area contributed by atoms with Gasteiger partial charge in [-0.25, -0.2) is 0 Å². The van der Waals surface area contributed by atoms with Gasteiger partial charge in [0.2, 0.25) is 0 Å². The number of nitrogens with one attached hydrogen (secondary N) is 1. The maximum atomic E-state index is 4.44. The molecule has 3 heterocycles. The molecule has 21 heavy (non-hydrogen) atoms. The Morgan fingerprint density at radius 3 is 2.62 bits per heavy atom. The molecule has 0 amide bonds. The fraction of sp³-hybridized carbons (Fsp3) is 0.812. The average molecular weight is 313 g/mol. The zero-order valence-corrected chi connectivity index (χ0v) is 14.1. The van der Waals surface area contributed by atoms with Gasteiger partial charge in [-0.2, -0.15) is 5.10 Å². The van der Waals surface area contributed by atoms with Crippen LogP contribution < -0.4 is 5.32 Å². The molecular formula is C16H29ClN4. The molecule has 0 bridgehead atoms. The van der Waals surface area contributed by atoms with E-state index in [1.54, 1.807) is 0 Å². The number of likely N-dealkylation sites (tertiary alicyclic amines) is 1. The van der Waals surface area contributed by atoms with Crippen LogP contribution >= 0.6 is 12.4 Å². The van der Waals surface area contributed by atoms with Gasteiger partial charge in [-0.15, -0.1) is 12.4 Å². The highest BCUT2D eigenvalue weighted by molar-refractivity contribution is 5.85. The molecule has 4 nitrogen and oxygen atoms in total. The number of halogens is 1. The zero-order valence-electron chi connectivity index (χ0n) is 13.3. The summed E-state index contributed by atoms with van der Waals surface area (Å²) in [6.45, 7) is 9.15. The van der Waals surface area contributed by atoms with Crippen molar-refractivity contribution < 1.29 is 0 Å². The fourth-order valence-corrected chi connectivity index (χ4v) is 3.63. The first-order chi connectivity index (χ1) is 9.72. The minimum Gasteiger partial charge on any atom is -0.314 e. The fourth-order valence-electron chi connectivity index (χ4n) is 3.63. The zero-order chi connectivity index (χ0) is 13.9. The van der Waals surface area contributed by atoms with Crippen molar-refractivity contribution in [3.63, 3.8) is 0 Å². The summed E-state index contributed by atoms with van der Waals surface area (Å²) in [5.74, 6) is 0.909. The normalized spacial score (nSPS) is 24.4. The predicted octanol–water partition coefficient (Wildman–Crippen LogP) is 2.85. The van der Waals surface area contributed by atoms with Crippen molar-refractivity contribution in [3.8, 4) is 0 Å². The van der Waals surface area contributed by atoms with Crippen LogP contribution in [0.15, 0.2) is 12.4 Å². The lowest BCUT2D eigenvalue weighted by molar-refractivity contribution is 0.157. The lowest BCUT2D eigenvalue weighted by atomic mass is 9.88. The van der Waals surface area contributed by atoms with Crippen LogP contribution in [-0.4, -0.2) is 40.4 Å². The quantitative estimate of drug-likeness (QED) is 0.928. The first-order valence-corrected chi connectivity index (χ1v) is 8.21. The van der Waals surface area contributed by atoms with Gasteiger partial charge in [0.1, 0.15) is 0 Å². The molecular weight excluding hydrogens is 284 g/mol. The van der Waals surface area contributed by atoms with Crippen molar-refractivity contribution in [2.24, 2.45) is 5.92 Å². The van der Waals surface area contributed by atoms with Crippen LogP contribution in [0, 0.1) is 5.92 Å². The Morgan fingerprint density at radius 1 is 1.29 bits per heavy atom. The second-order valence-electron chi connectivity index (χ2n) is 6.74. The molecule has 0 spiro atoms. The van der Waals surface area contributed by atoms with Gasteiger partial charge in [0.15, 0.2) is 0 Å². The van der Waals surface area contributed by atoms with Crippen molar-refractivity contribution in [1.82, 2.24) is 20.0 Å². The Balaban J connectivity index is 0.00000161. The lowest BCUT2D eigenvalue weighted by Gasteiger charge is -2.34. The summed E-state index contributed by atoms with van der Waals surface area (Å²) in [5.41, 5.74) is 1.36. The molecule has 1 atom stereocenters. The molecule has 1 aromatic rings. The molecule has 2 aliphatic heterocycles. The number of rotatable bonds is 4. The van der Waals surface area contributed by atoms with Crippen molar-refractivity contribution in [2.45, 2.75) is 58.2 Å². The van der Waals surface area contributed by atoms with Crippen LogP contribution in [0.3, 0.4) is 0 Å². The van der Waals surface area contributed by atoms with Crippen molar-refractivity contribution in [1.29, 1.82) is 0 Å². The number of nitrogens with zero attached hydrogens (tertiary/aromatic N) is 3. The number of hydrogen-bond donors (Lipinski definition) is 1. The Bertz CT molecular complexity index is 418.